The minimum absolute atomic E-state index is 0.104. The van der Waals surface area contributed by atoms with Crippen LogP contribution >= 0.6 is 0 Å². The largest absolute Gasteiger partial charge is 0.332 e. The molecule has 5 heteroatoms. The molecule has 0 aliphatic heterocycles. The number of rotatable bonds is 6. The van der Waals surface area contributed by atoms with Gasteiger partial charge in [-0.3, -0.25) is 9.78 Å². The molecule has 1 heterocycles. The molecule has 1 saturated carbocycles. The molecule has 3 rings (SSSR count). The molecule has 1 amide bonds. The first-order valence-electron chi connectivity index (χ1n) is 7.66. The van der Waals surface area contributed by atoms with Gasteiger partial charge in [0.25, 0.3) is 6.43 Å². The molecule has 2 aromatic rings. The lowest BCUT2D eigenvalue weighted by Gasteiger charge is -2.22. The van der Waals surface area contributed by atoms with E-state index >= 15 is 0 Å². The highest BCUT2D eigenvalue weighted by Crippen LogP contribution is 2.48. The van der Waals surface area contributed by atoms with E-state index in [9.17, 15) is 13.6 Å². The number of halogens is 2. The van der Waals surface area contributed by atoms with Crippen molar-refractivity contribution in [2.45, 2.75) is 25.3 Å². The number of hydrogen-bond donors (Lipinski definition) is 0. The highest BCUT2D eigenvalue weighted by atomic mass is 19.3. The third-order valence-corrected chi connectivity index (χ3v) is 4.11. The van der Waals surface area contributed by atoms with Gasteiger partial charge in [0.1, 0.15) is 0 Å². The molecule has 0 radical (unpaired) electrons. The quantitative estimate of drug-likeness (QED) is 0.817. The predicted molar refractivity (Wildman–Crippen MR) is 82.9 cm³/mol. The summed E-state index contributed by atoms with van der Waals surface area (Å²) in [6.45, 7) is -0.301. The predicted octanol–water partition coefficient (Wildman–Crippen LogP) is 3.48. The Labute approximate surface area is 134 Å². The van der Waals surface area contributed by atoms with Crippen molar-refractivity contribution < 1.29 is 13.6 Å². The van der Waals surface area contributed by atoms with E-state index in [1.807, 2.05) is 42.5 Å². The molecule has 3 nitrogen and oxygen atoms in total. The number of carbonyl (C=O) groups is 1. The molecule has 1 aromatic carbocycles. The van der Waals surface area contributed by atoms with Crippen LogP contribution in [-0.2, 0) is 11.3 Å². The van der Waals surface area contributed by atoms with Crippen molar-refractivity contribution in [1.29, 1.82) is 0 Å². The highest BCUT2D eigenvalue weighted by molar-refractivity contribution is 5.83. The monoisotopic (exact) mass is 316 g/mol. The molecule has 0 spiro atoms. The Morgan fingerprint density at radius 2 is 2.00 bits per heavy atom. The van der Waals surface area contributed by atoms with Crippen LogP contribution in [0.25, 0.3) is 0 Å². The summed E-state index contributed by atoms with van der Waals surface area (Å²) in [4.78, 5) is 17.9. The van der Waals surface area contributed by atoms with E-state index < -0.39 is 13.0 Å². The van der Waals surface area contributed by atoms with E-state index in [1.165, 1.54) is 4.90 Å². The molecular formula is C18H18F2N2O. The Morgan fingerprint density at radius 1 is 1.22 bits per heavy atom. The third kappa shape index (κ3) is 3.92. The summed E-state index contributed by atoms with van der Waals surface area (Å²) >= 11 is 0. The maximum atomic E-state index is 12.8. The molecule has 2 atom stereocenters. The van der Waals surface area contributed by atoms with Crippen LogP contribution in [0.3, 0.4) is 0 Å². The van der Waals surface area contributed by atoms with Gasteiger partial charge in [0.15, 0.2) is 0 Å². The van der Waals surface area contributed by atoms with Crippen LogP contribution in [0, 0.1) is 5.92 Å². The number of benzene rings is 1. The number of aromatic nitrogens is 1. The van der Waals surface area contributed by atoms with Crippen LogP contribution in [0.15, 0.2) is 54.9 Å². The van der Waals surface area contributed by atoms with Gasteiger partial charge in [-0.1, -0.05) is 36.4 Å². The normalized spacial score (nSPS) is 19.6. The van der Waals surface area contributed by atoms with E-state index in [2.05, 4.69) is 4.98 Å². The van der Waals surface area contributed by atoms with Crippen molar-refractivity contribution in [2.24, 2.45) is 5.92 Å². The van der Waals surface area contributed by atoms with Gasteiger partial charge in [0, 0.05) is 24.9 Å². The van der Waals surface area contributed by atoms with Crippen LogP contribution < -0.4 is 0 Å². The number of amides is 1. The average molecular weight is 316 g/mol. The first kappa shape index (κ1) is 15.6. The Balaban J connectivity index is 1.69. The van der Waals surface area contributed by atoms with Crippen molar-refractivity contribution in [2.75, 3.05) is 6.54 Å². The van der Waals surface area contributed by atoms with Gasteiger partial charge in [-0.25, -0.2) is 8.78 Å². The van der Waals surface area contributed by atoms with Gasteiger partial charge in [0.05, 0.1) is 6.54 Å². The SMILES string of the molecule is O=C([C@H]1C[C@H]1c1cccnc1)N(Cc1ccccc1)CC(F)F. The topological polar surface area (TPSA) is 33.2 Å². The van der Waals surface area contributed by atoms with Crippen molar-refractivity contribution in [3.63, 3.8) is 0 Å². The lowest BCUT2D eigenvalue weighted by Crippen LogP contribution is -2.36. The van der Waals surface area contributed by atoms with E-state index in [0.717, 1.165) is 11.1 Å². The summed E-state index contributed by atoms with van der Waals surface area (Å²) in [7, 11) is 0. The lowest BCUT2D eigenvalue weighted by molar-refractivity contribution is -0.135. The number of carbonyl (C=O) groups excluding carboxylic acids is 1. The van der Waals surface area contributed by atoms with Crippen molar-refractivity contribution in [3.05, 3.63) is 66.0 Å². The fraction of sp³-hybridized carbons (Fsp3) is 0.333. The van der Waals surface area contributed by atoms with Gasteiger partial charge in [-0.05, 0) is 29.5 Å². The fourth-order valence-corrected chi connectivity index (χ4v) is 2.87. The summed E-state index contributed by atoms with van der Waals surface area (Å²) in [5, 5.41) is 0. The Morgan fingerprint density at radius 3 is 2.65 bits per heavy atom. The standard InChI is InChI=1S/C18H18F2N2O/c19-17(20)12-22(11-13-5-2-1-3-6-13)18(23)16-9-15(16)14-7-4-8-21-10-14/h1-8,10,15-17H,9,11-12H2/t15-,16-/m0/s1. The van der Waals surface area contributed by atoms with Crippen molar-refractivity contribution in [3.8, 4) is 0 Å². The summed E-state index contributed by atoms with van der Waals surface area (Å²) in [5.41, 5.74) is 1.86. The average Bonchev–Trinajstić information content (AvgIpc) is 3.35. The fourth-order valence-electron chi connectivity index (χ4n) is 2.87. The number of hydrogen-bond acceptors (Lipinski definition) is 2. The maximum absolute atomic E-state index is 12.8. The molecule has 120 valence electrons. The lowest BCUT2D eigenvalue weighted by atomic mass is 10.1. The number of pyridine rings is 1. The molecule has 23 heavy (non-hydrogen) atoms. The minimum atomic E-state index is -2.53. The first-order chi connectivity index (χ1) is 11.1. The van der Waals surface area contributed by atoms with Crippen LogP contribution in [0.4, 0.5) is 8.78 Å². The zero-order chi connectivity index (χ0) is 16.2. The molecule has 0 saturated heterocycles. The van der Waals surface area contributed by atoms with Crippen LogP contribution in [0.1, 0.15) is 23.5 Å². The highest BCUT2D eigenvalue weighted by Gasteiger charge is 2.46. The molecule has 0 N–H and O–H groups in total. The van der Waals surface area contributed by atoms with E-state index in [-0.39, 0.29) is 24.3 Å². The molecule has 0 unspecified atom stereocenters. The first-order valence-corrected chi connectivity index (χ1v) is 7.66. The van der Waals surface area contributed by atoms with Gasteiger partial charge in [0.2, 0.25) is 5.91 Å². The molecule has 0 bridgehead atoms. The van der Waals surface area contributed by atoms with Crippen LogP contribution in [0.2, 0.25) is 0 Å². The molecular weight excluding hydrogens is 298 g/mol. The summed E-state index contributed by atoms with van der Waals surface area (Å²) in [5.74, 6) is -0.295. The minimum Gasteiger partial charge on any atom is -0.332 e. The number of alkyl halides is 2. The van der Waals surface area contributed by atoms with Gasteiger partial charge < -0.3 is 4.90 Å². The van der Waals surface area contributed by atoms with Crippen molar-refractivity contribution >= 4 is 5.91 Å². The van der Waals surface area contributed by atoms with Crippen molar-refractivity contribution in [1.82, 2.24) is 9.88 Å². The Kier molecular flexibility index (Phi) is 4.65. The van der Waals surface area contributed by atoms with Gasteiger partial charge >= 0.3 is 0 Å². The van der Waals surface area contributed by atoms with Gasteiger partial charge in [-0.15, -0.1) is 0 Å². The Bertz CT molecular complexity index is 649. The summed E-state index contributed by atoms with van der Waals surface area (Å²) in [6, 6.07) is 13.0. The van der Waals surface area contributed by atoms with Crippen LogP contribution in [0.5, 0.6) is 0 Å². The second kappa shape index (κ2) is 6.86. The smallest absolute Gasteiger partial charge is 0.255 e. The molecule has 1 aliphatic carbocycles. The van der Waals surface area contributed by atoms with E-state index in [4.69, 9.17) is 0 Å². The molecule has 1 aromatic heterocycles. The zero-order valence-electron chi connectivity index (χ0n) is 12.6. The summed E-state index contributed by atoms with van der Waals surface area (Å²) < 4.78 is 25.7. The zero-order valence-corrected chi connectivity index (χ0v) is 12.6. The molecule has 1 aliphatic rings. The molecule has 1 fully saturated rings. The summed E-state index contributed by atoms with van der Waals surface area (Å²) in [6.07, 6.45) is 1.60. The second-order valence-electron chi connectivity index (χ2n) is 5.83. The second-order valence-corrected chi connectivity index (χ2v) is 5.83. The van der Waals surface area contributed by atoms with Gasteiger partial charge in [-0.2, -0.15) is 0 Å². The van der Waals surface area contributed by atoms with Crippen LogP contribution in [-0.4, -0.2) is 28.8 Å². The van der Waals surface area contributed by atoms with E-state index in [1.54, 1.807) is 12.4 Å². The number of nitrogens with zero attached hydrogens (tertiary/aromatic N) is 2. The third-order valence-electron chi connectivity index (χ3n) is 4.11. The maximum Gasteiger partial charge on any atom is 0.255 e. The van der Waals surface area contributed by atoms with E-state index in [0.29, 0.717) is 6.42 Å². The Hall–Kier alpha value is -2.30.